The third kappa shape index (κ3) is 4.71. The van der Waals surface area contributed by atoms with Gasteiger partial charge in [0.2, 0.25) is 6.79 Å². The molecule has 0 bridgehead atoms. The minimum atomic E-state index is -0.485. The zero-order chi connectivity index (χ0) is 18.0. The number of alkyl halides is 1. The van der Waals surface area contributed by atoms with Gasteiger partial charge in [-0.15, -0.1) is 0 Å². The van der Waals surface area contributed by atoms with E-state index in [4.69, 9.17) is 18.9 Å². The molecule has 6 nitrogen and oxygen atoms in total. The van der Waals surface area contributed by atoms with E-state index in [1.54, 1.807) is 4.90 Å². The van der Waals surface area contributed by atoms with Crippen LogP contribution in [0.3, 0.4) is 0 Å². The van der Waals surface area contributed by atoms with Gasteiger partial charge in [-0.05, 0) is 39.3 Å². The summed E-state index contributed by atoms with van der Waals surface area (Å²) in [5.74, 6) is 2.36. The number of likely N-dealkylation sites (tertiary alicyclic amines) is 1. The second kappa shape index (κ2) is 7.32. The Kier molecular flexibility index (Phi) is 5.32. The van der Waals surface area contributed by atoms with E-state index >= 15 is 0 Å². The molecule has 2 aliphatic rings. The second-order valence-corrected chi connectivity index (χ2v) is 8.49. The molecule has 1 saturated heterocycles. The Morgan fingerprint density at radius 1 is 1.32 bits per heavy atom. The molecular weight excluding hydrogens is 390 g/mol. The molecule has 0 unspecified atom stereocenters. The first kappa shape index (κ1) is 18.2. The summed E-state index contributed by atoms with van der Waals surface area (Å²) in [4.78, 5) is 14.4. The van der Waals surface area contributed by atoms with Gasteiger partial charge in [-0.2, -0.15) is 0 Å². The highest BCUT2D eigenvalue weighted by molar-refractivity contribution is 9.09. The summed E-state index contributed by atoms with van der Waals surface area (Å²) in [6.07, 6.45) is 0.606. The van der Waals surface area contributed by atoms with Gasteiger partial charge in [-0.25, -0.2) is 4.79 Å². The summed E-state index contributed by atoms with van der Waals surface area (Å²) in [6.45, 7) is 7.68. The van der Waals surface area contributed by atoms with Crippen LogP contribution >= 0.6 is 15.9 Å². The Morgan fingerprint density at radius 3 is 2.84 bits per heavy atom. The highest BCUT2D eigenvalue weighted by Gasteiger charge is 2.32. The topological polar surface area (TPSA) is 57.2 Å². The molecule has 0 aliphatic carbocycles. The maximum Gasteiger partial charge on any atom is 0.410 e. The number of ether oxygens (including phenoxy) is 4. The second-order valence-electron chi connectivity index (χ2n) is 7.32. The highest BCUT2D eigenvalue weighted by Crippen LogP contribution is 2.35. The van der Waals surface area contributed by atoms with E-state index < -0.39 is 5.60 Å². The molecule has 3 rings (SSSR count). The lowest BCUT2D eigenvalue weighted by Gasteiger charge is -2.36. The summed E-state index contributed by atoms with van der Waals surface area (Å²) in [7, 11) is 0. The summed E-state index contributed by atoms with van der Waals surface area (Å²) in [5.41, 5.74) is -0.485. The number of hydrogen-bond donors (Lipinski definition) is 0. The summed E-state index contributed by atoms with van der Waals surface area (Å²) in [5, 5.41) is 0. The maximum atomic E-state index is 12.3. The molecular formula is C18H24BrNO5. The minimum absolute atomic E-state index is 0.187. The van der Waals surface area contributed by atoms with E-state index in [9.17, 15) is 4.79 Å². The molecule has 2 heterocycles. The average molecular weight is 414 g/mol. The number of halogens is 1. The van der Waals surface area contributed by atoms with Gasteiger partial charge in [0, 0.05) is 29.9 Å². The predicted molar refractivity (Wildman–Crippen MR) is 96.7 cm³/mol. The van der Waals surface area contributed by atoms with E-state index in [2.05, 4.69) is 15.9 Å². The van der Waals surface area contributed by atoms with Crippen LogP contribution in [0.25, 0.3) is 0 Å². The van der Waals surface area contributed by atoms with E-state index in [0.29, 0.717) is 30.3 Å². The molecule has 2 atom stereocenters. The van der Waals surface area contributed by atoms with Crippen molar-refractivity contribution in [3.8, 4) is 17.2 Å². The van der Waals surface area contributed by atoms with E-state index in [1.165, 1.54) is 0 Å². The number of nitrogens with zero attached hydrogens (tertiary/aromatic N) is 1. The van der Waals surface area contributed by atoms with Crippen LogP contribution in [0.4, 0.5) is 4.79 Å². The van der Waals surface area contributed by atoms with Crippen molar-refractivity contribution in [2.45, 2.75) is 37.6 Å². The Bertz CT molecular complexity index is 630. The van der Waals surface area contributed by atoms with Crippen molar-refractivity contribution in [3.63, 3.8) is 0 Å². The SMILES string of the molecule is CC(C)(C)OC(=O)N1CC[C@@H](Br)[C@H](COc2ccc3c(c2)OCO3)C1. The summed E-state index contributed by atoms with van der Waals surface area (Å²) in [6, 6.07) is 5.54. The van der Waals surface area contributed by atoms with Crippen LogP contribution in [-0.2, 0) is 4.74 Å². The zero-order valence-corrected chi connectivity index (χ0v) is 16.4. The predicted octanol–water partition coefficient (Wildman–Crippen LogP) is 3.81. The average Bonchev–Trinajstić information content (AvgIpc) is 3.00. The minimum Gasteiger partial charge on any atom is -0.493 e. The van der Waals surface area contributed by atoms with Gasteiger partial charge in [-0.1, -0.05) is 15.9 Å². The third-order valence-corrected chi connectivity index (χ3v) is 5.31. The molecule has 1 aromatic rings. The van der Waals surface area contributed by atoms with Crippen molar-refractivity contribution in [2.75, 3.05) is 26.5 Å². The van der Waals surface area contributed by atoms with Crippen molar-refractivity contribution < 1.29 is 23.7 Å². The Labute approximate surface area is 156 Å². The molecule has 7 heteroatoms. The number of fused-ring (bicyclic) bond motifs is 1. The molecule has 138 valence electrons. The first-order valence-electron chi connectivity index (χ1n) is 8.46. The fourth-order valence-electron chi connectivity index (χ4n) is 2.82. The zero-order valence-electron chi connectivity index (χ0n) is 14.8. The largest absolute Gasteiger partial charge is 0.493 e. The maximum absolute atomic E-state index is 12.3. The van der Waals surface area contributed by atoms with Crippen molar-refractivity contribution in [1.82, 2.24) is 4.90 Å². The van der Waals surface area contributed by atoms with E-state index in [1.807, 2.05) is 39.0 Å². The van der Waals surface area contributed by atoms with E-state index in [-0.39, 0.29) is 18.8 Å². The number of amides is 1. The molecule has 0 saturated carbocycles. The number of carbonyl (C=O) groups excluding carboxylic acids is 1. The van der Waals surface area contributed by atoms with Crippen molar-refractivity contribution >= 4 is 22.0 Å². The number of rotatable bonds is 3. The van der Waals surface area contributed by atoms with Gasteiger partial charge in [0.1, 0.15) is 11.4 Å². The third-order valence-electron chi connectivity index (χ3n) is 4.10. The number of carbonyl (C=O) groups is 1. The van der Waals surface area contributed by atoms with Crippen LogP contribution in [0.15, 0.2) is 18.2 Å². The fraction of sp³-hybridized carbons (Fsp3) is 0.611. The van der Waals surface area contributed by atoms with Gasteiger partial charge < -0.3 is 23.8 Å². The smallest absolute Gasteiger partial charge is 0.410 e. The van der Waals surface area contributed by atoms with Crippen molar-refractivity contribution in [2.24, 2.45) is 5.92 Å². The monoisotopic (exact) mass is 413 g/mol. The quantitative estimate of drug-likeness (QED) is 0.704. The number of benzene rings is 1. The van der Waals surface area contributed by atoms with Crippen LogP contribution in [0.5, 0.6) is 17.2 Å². The Morgan fingerprint density at radius 2 is 2.08 bits per heavy atom. The van der Waals surface area contributed by atoms with Crippen LogP contribution < -0.4 is 14.2 Å². The first-order chi connectivity index (χ1) is 11.8. The van der Waals surface area contributed by atoms with E-state index in [0.717, 1.165) is 17.9 Å². The molecule has 0 aromatic heterocycles. The lowest BCUT2D eigenvalue weighted by molar-refractivity contribution is 0.0149. The lowest BCUT2D eigenvalue weighted by Crippen LogP contribution is -2.47. The molecule has 1 aromatic carbocycles. The lowest BCUT2D eigenvalue weighted by atomic mass is 9.99. The normalized spacial score (nSPS) is 22.6. The highest BCUT2D eigenvalue weighted by atomic mass is 79.9. The van der Waals surface area contributed by atoms with Gasteiger partial charge in [0.15, 0.2) is 11.5 Å². The van der Waals surface area contributed by atoms with Gasteiger partial charge in [0.05, 0.1) is 6.61 Å². The van der Waals surface area contributed by atoms with Crippen molar-refractivity contribution in [3.05, 3.63) is 18.2 Å². The van der Waals surface area contributed by atoms with Gasteiger partial charge in [0.25, 0.3) is 0 Å². The summed E-state index contributed by atoms with van der Waals surface area (Å²) >= 11 is 3.71. The molecule has 1 amide bonds. The Balaban J connectivity index is 1.56. The molecule has 25 heavy (non-hydrogen) atoms. The standard InChI is InChI=1S/C18H24BrNO5/c1-18(2,3)25-17(21)20-7-6-14(19)12(9-20)10-22-13-4-5-15-16(8-13)24-11-23-15/h4-5,8,12,14H,6-7,9-11H2,1-3H3/t12-,14+/m0/s1. The fourth-order valence-corrected chi connectivity index (χ4v) is 3.35. The first-order valence-corrected chi connectivity index (χ1v) is 9.38. The molecule has 0 radical (unpaired) electrons. The Hall–Kier alpha value is -1.63. The number of hydrogen-bond acceptors (Lipinski definition) is 5. The number of piperidine rings is 1. The van der Waals surface area contributed by atoms with Crippen LogP contribution in [0.2, 0.25) is 0 Å². The molecule has 2 aliphatic heterocycles. The molecule has 0 spiro atoms. The van der Waals surface area contributed by atoms with Crippen LogP contribution in [-0.4, -0.2) is 47.9 Å². The molecule has 0 N–H and O–H groups in total. The van der Waals surface area contributed by atoms with Crippen LogP contribution in [0, 0.1) is 5.92 Å². The summed E-state index contributed by atoms with van der Waals surface area (Å²) < 4.78 is 22.1. The van der Waals surface area contributed by atoms with Gasteiger partial charge >= 0.3 is 6.09 Å². The molecule has 1 fully saturated rings. The van der Waals surface area contributed by atoms with Crippen molar-refractivity contribution in [1.29, 1.82) is 0 Å². The van der Waals surface area contributed by atoms with Crippen LogP contribution in [0.1, 0.15) is 27.2 Å². The van der Waals surface area contributed by atoms with Gasteiger partial charge in [-0.3, -0.25) is 0 Å².